The summed E-state index contributed by atoms with van der Waals surface area (Å²) in [7, 11) is 0. The largest absolute Gasteiger partial charge is 0.508 e. The summed E-state index contributed by atoms with van der Waals surface area (Å²) in [5.41, 5.74) is 6.21. The van der Waals surface area contributed by atoms with Gasteiger partial charge in [0.15, 0.2) is 0 Å². The summed E-state index contributed by atoms with van der Waals surface area (Å²) in [5.74, 6) is -3.15. The van der Waals surface area contributed by atoms with Crippen LogP contribution in [0.2, 0.25) is 0 Å². The number of phenolic OH excluding ortho intramolecular Hbond substituents is 1. The van der Waals surface area contributed by atoms with Crippen LogP contribution in [-0.2, 0) is 25.6 Å². The van der Waals surface area contributed by atoms with E-state index in [1.807, 2.05) is 0 Å². The SMILES string of the molecule is CC(N)C(=O)NC(Cc1ccc(O)cc1)C(=O)NC(C(=O)N1CCCC1C(=O)O)C(C)O. The lowest BCUT2D eigenvalue weighted by Crippen LogP contribution is -2.60. The molecule has 0 aliphatic carbocycles. The van der Waals surface area contributed by atoms with Crippen LogP contribution >= 0.6 is 0 Å². The molecule has 2 rings (SSSR count). The molecule has 5 unspecified atom stereocenters. The third-order valence-electron chi connectivity index (χ3n) is 5.29. The van der Waals surface area contributed by atoms with Crippen molar-refractivity contribution in [3.05, 3.63) is 29.8 Å². The second-order valence-corrected chi connectivity index (χ2v) is 7.98. The molecule has 1 aromatic carbocycles. The number of rotatable bonds is 9. The first kappa shape index (κ1) is 25.1. The molecule has 1 fully saturated rings. The number of aliphatic carboxylic acids is 1. The molecule has 5 atom stereocenters. The van der Waals surface area contributed by atoms with E-state index in [2.05, 4.69) is 10.6 Å². The van der Waals surface area contributed by atoms with Crippen molar-refractivity contribution >= 4 is 23.7 Å². The Hall–Kier alpha value is -3.18. The number of likely N-dealkylation sites (tertiary alicyclic amines) is 1. The first-order chi connectivity index (χ1) is 15.0. The minimum atomic E-state index is -1.39. The van der Waals surface area contributed by atoms with E-state index in [4.69, 9.17) is 5.73 Å². The highest BCUT2D eigenvalue weighted by atomic mass is 16.4. The third-order valence-corrected chi connectivity index (χ3v) is 5.29. The number of carboxylic acids is 1. The minimum Gasteiger partial charge on any atom is -0.508 e. The number of benzene rings is 1. The molecular formula is C21H30N4O7. The number of nitrogens with zero attached hydrogens (tertiary/aromatic N) is 1. The molecule has 1 heterocycles. The Morgan fingerprint density at radius 2 is 1.75 bits per heavy atom. The molecule has 1 aliphatic heterocycles. The minimum absolute atomic E-state index is 0.0345. The molecule has 0 aromatic heterocycles. The van der Waals surface area contributed by atoms with E-state index in [1.165, 1.54) is 26.0 Å². The number of hydrogen-bond donors (Lipinski definition) is 6. The van der Waals surface area contributed by atoms with Gasteiger partial charge < -0.3 is 36.6 Å². The molecule has 11 nitrogen and oxygen atoms in total. The zero-order chi connectivity index (χ0) is 24.0. The molecular weight excluding hydrogens is 420 g/mol. The van der Waals surface area contributed by atoms with Crippen molar-refractivity contribution in [2.45, 2.75) is 63.4 Å². The average Bonchev–Trinajstić information content (AvgIpc) is 3.22. The summed E-state index contributed by atoms with van der Waals surface area (Å²) in [4.78, 5) is 50.6. The maximum absolute atomic E-state index is 13.0. The number of carbonyl (C=O) groups excluding carboxylic acids is 3. The van der Waals surface area contributed by atoms with Gasteiger partial charge in [-0.25, -0.2) is 4.79 Å². The highest BCUT2D eigenvalue weighted by molar-refractivity contribution is 5.94. The van der Waals surface area contributed by atoms with Crippen molar-refractivity contribution in [1.82, 2.24) is 15.5 Å². The third kappa shape index (κ3) is 6.41. The molecule has 0 bridgehead atoms. The first-order valence-corrected chi connectivity index (χ1v) is 10.4. The van der Waals surface area contributed by atoms with E-state index in [0.717, 1.165) is 4.90 Å². The fourth-order valence-corrected chi connectivity index (χ4v) is 3.49. The Morgan fingerprint density at radius 1 is 1.12 bits per heavy atom. The van der Waals surface area contributed by atoms with Crippen molar-refractivity contribution in [3.63, 3.8) is 0 Å². The van der Waals surface area contributed by atoms with Crippen molar-refractivity contribution in [3.8, 4) is 5.75 Å². The van der Waals surface area contributed by atoms with E-state index in [1.54, 1.807) is 12.1 Å². The van der Waals surface area contributed by atoms with Crippen LogP contribution < -0.4 is 16.4 Å². The summed E-state index contributed by atoms with van der Waals surface area (Å²) in [6, 6.07) is 1.59. The Morgan fingerprint density at radius 3 is 2.28 bits per heavy atom. The Kier molecular flexibility index (Phi) is 8.56. The molecule has 7 N–H and O–H groups in total. The zero-order valence-corrected chi connectivity index (χ0v) is 18.0. The number of aliphatic hydroxyl groups is 1. The number of phenols is 1. The van der Waals surface area contributed by atoms with Crippen LogP contribution in [0.3, 0.4) is 0 Å². The van der Waals surface area contributed by atoms with Crippen LogP contribution in [0.25, 0.3) is 0 Å². The van der Waals surface area contributed by atoms with Crippen LogP contribution in [0.15, 0.2) is 24.3 Å². The Balaban J connectivity index is 2.21. The fraction of sp³-hybridized carbons (Fsp3) is 0.524. The number of amides is 3. The van der Waals surface area contributed by atoms with Gasteiger partial charge in [0.25, 0.3) is 0 Å². The van der Waals surface area contributed by atoms with Gasteiger partial charge in [0.05, 0.1) is 12.1 Å². The van der Waals surface area contributed by atoms with Crippen LogP contribution in [0.1, 0.15) is 32.3 Å². The van der Waals surface area contributed by atoms with E-state index in [9.17, 15) is 34.5 Å². The molecule has 3 amide bonds. The maximum atomic E-state index is 13.0. The lowest BCUT2D eigenvalue weighted by molar-refractivity contribution is -0.150. The fourth-order valence-electron chi connectivity index (χ4n) is 3.49. The smallest absolute Gasteiger partial charge is 0.326 e. The van der Waals surface area contributed by atoms with Crippen LogP contribution in [0.5, 0.6) is 5.75 Å². The molecule has 32 heavy (non-hydrogen) atoms. The van der Waals surface area contributed by atoms with E-state index in [-0.39, 0.29) is 25.1 Å². The van der Waals surface area contributed by atoms with Crippen molar-refractivity contribution < 1.29 is 34.5 Å². The summed E-state index contributed by atoms with van der Waals surface area (Å²) >= 11 is 0. The van der Waals surface area contributed by atoms with Crippen molar-refractivity contribution in [2.75, 3.05) is 6.54 Å². The number of carbonyl (C=O) groups is 4. The monoisotopic (exact) mass is 450 g/mol. The van der Waals surface area contributed by atoms with Gasteiger partial charge in [0.1, 0.15) is 23.9 Å². The lowest BCUT2D eigenvalue weighted by Gasteiger charge is -2.30. The molecule has 1 aromatic rings. The van der Waals surface area contributed by atoms with E-state index >= 15 is 0 Å². The second kappa shape index (κ2) is 10.9. The maximum Gasteiger partial charge on any atom is 0.326 e. The molecule has 176 valence electrons. The number of aliphatic hydroxyl groups excluding tert-OH is 1. The van der Waals surface area contributed by atoms with E-state index in [0.29, 0.717) is 12.0 Å². The van der Waals surface area contributed by atoms with Gasteiger partial charge in [-0.2, -0.15) is 0 Å². The second-order valence-electron chi connectivity index (χ2n) is 7.98. The highest BCUT2D eigenvalue weighted by Crippen LogP contribution is 2.19. The molecule has 0 saturated carbocycles. The summed E-state index contributed by atoms with van der Waals surface area (Å²) in [6.07, 6.45) is -0.487. The predicted molar refractivity (Wildman–Crippen MR) is 113 cm³/mol. The number of nitrogens with one attached hydrogen (secondary N) is 2. The summed E-state index contributed by atoms with van der Waals surface area (Å²) in [5, 5.41) is 33.9. The van der Waals surface area contributed by atoms with Gasteiger partial charge in [-0.1, -0.05) is 12.1 Å². The van der Waals surface area contributed by atoms with Crippen molar-refractivity contribution in [1.29, 1.82) is 0 Å². The first-order valence-electron chi connectivity index (χ1n) is 10.4. The topological polar surface area (TPSA) is 182 Å². The molecule has 1 aliphatic rings. The van der Waals surface area contributed by atoms with Crippen LogP contribution in [0, 0.1) is 0 Å². The van der Waals surface area contributed by atoms with Crippen molar-refractivity contribution in [2.24, 2.45) is 5.73 Å². The van der Waals surface area contributed by atoms with Gasteiger partial charge in [0, 0.05) is 13.0 Å². The number of aromatic hydroxyl groups is 1. The van der Waals surface area contributed by atoms with Gasteiger partial charge in [-0.3, -0.25) is 14.4 Å². The van der Waals surface area contributed by atoms with Crippen LogP contribution in [-0.4, -0.2) is 80.7 Å². The normalized spacial score (nSPS) is 19.5. The Labute approximate surface area is 185 Å². The summed E-state index contributed by atoms with van der Waals surface area (Å²) in [6.45, 7) is 2.96. The number of hydrogen-bond acceptors (Lipinski definition) is 7. The Bertz CT molecular complexity index is 841. The average molecular weight is 450 g/mol. The van der Waals surface area contributed by atoms with Gasteiger partial charge in [0.2, 0.25) is 17.7 Å². The highest BCUT2D eigenvalue weighted by Gasteiger charge is 2.40. The van der Waals surface area contributed by atoms with Crippen LogP contribution in [0.4, 0.5) is 0 Å². The number of carboxylic acid groups (broad SMARTS) is 1. The number of nitrogens with two attached hydrogens (primary N) is 1. The van der Waals surface area contributed by atoms with Gasteiger partial charge in [-0.05, 0) is 44.4 Å². The molecule has 11 heteroatoms. The summed E-state index contributed by atoms with van der Waals surface area (Å²) < 4.78 is 0. The van der Waals surface area contributed by atoms with E-state index < -0.39 is 54.0 Å². The molecule has 0 radical (unpaired) electrons. The molecule has 1 saturated heterocycles. The zero-order valence-electron chi connectivity index (χ0n) is 18.0. The predicted octanol–water partition coefficient (Wildman–Crippen LogP) is -1.29. The molecule has 0 spiro atoms. The quantitative estimate of drug-likeness (QED) is 0.268. The van der Waals surface area contributed by atoms with Gasteiger partial charge in [-0.15, -0.1) is 0 Å². The van der Waals surface area contributed by atoms with Gasteiger partial charge >= 0.3 is 5.97 Å². The standard InChI is InChI=1S/C21H30N4O7/c1-11(22)18(28)23-15(10-13-5-7-14(27)8-6-13)19(29)24-17(12(2)26)20(30)25-9-3-4-16(25)21(31)32/h5-8,11-12,15-17,26-27H,3-4,9-10,22H2,1-2H3,(H,23,28)(H,24,29)(H,31,32). The lowest BCUT2D eigenvalue weighted by atomic mass is 10.0.